The predicted molar refractivity (Wildman–Crippen MR) is 130 cm³/mol. The number of aromatic nitrogens is 3. The molecule has 1 aliphatic heterocycles. The van der Waals surface area contributed by atoms with Crippen molar-refractivity contribution >= 4 is 22.8 Å². The van der Waals surface area contributed by atoms with Crippen LogP contribution in [0.25, 0.3) is 10.9 Å². The van der Waals surface area contributed by atoms with Crippen molar-refractivity contribution in [2.75, 3.05) is 31.6 Å². The van der Waals surface area contributed by atoms with Crippen LogP contribution in [0.1, 0.15) is 33.1 Å². The second-order valence-electron chi connectivity index (χ2n) is 8.55. The number of fused-ring (bicyclic) bond motifs is 1. The van der Waals surface area contributed by atoms with Gasteiger partial charge in [0.15, 0.2) is 0 Å². The summed E-state index contributed by atoms with van der Waals surface area (Å²) in [5.41, 5.74) is 4.74. The van der Waals surface area contributed by atoms with Crippen molar-refractivity contribution in [3.8, 4) is 5.75 Å². The lowest BCUT2D eigenvalue weighted by Crippen LogP contribution is -2.48. The molecular formula is C26H27N5O3. The first-order valence-electron chi connectivity index (χ1n) is 11.3. The number of benzene rings is 2. The first kappa shape index (κ1) is 21.9. The second kappa shape index (κ2) is 9.15. The van der Waals surface area contributed by atoms with Crippen LogP contribution in [-0.2, 0) is 6.54 Å². The Morgan fingerprint density at radius 3 is 2.65 bits per heavy atom. The van der Waals surface area contributed by atoms with E-state index in [-0.39, 0.29) is 11.6 Å². The summed E-state index contributed by atoms with van der Waals surface area (Å²) < 4.78 is 5.78. The highest BCUT2D eigenvalue weighted by atomic mass is 16.5. The molecule has 2 aromatic carbocycles. The number of aromatic amines is 1. The van der Waals surface area contributed by atoms with Gasteiger partial charge >= 0.3 is 5.97 Å². The summed E-state index contributed by atoms with van der Waals surface area (Å²) in [6, 6.07) is 13.2. The third kappa shape index (κ3) is 4.08. The monoisotopic (exact) mass is 457 g/mol. The molecule has 1 saturated heterocycles. The summed E-state index contributed by atoms with van der Waals surface area (Å²) in [5, 5.41) is 10.5. The molecule has 1 atom stereocenters. The van der Waals surface area contributed by atoms with Crippen molar-refractivity contribution < 1.29 is 14.6 Å². The number of aryl methyl sites for hydroxylation is 1. The van der Waals surface area contributed by atoms with Gasteiger partial charge in [0, 0.05) is 61.2 Å². The molecule has 0 aliphatic carbocycles. The molecular weight excluding hydrogens is 430 g/mol. The number of carboxylic acid groups (broad SMARTS) is 1. The quantitative estimate of drug-likeness (QED) is 0.451. The van der Waals surface area contributed by atoms with Gasteiger partial charge < -0.3 is 19.7 Å². The first-order valence-corrected chi connectivity index (χ1v) is 11.3. The van der Waals surface area contributed by atoms with Crippen LogP contribution in [0.5, 0.6) is 5.75 Å². The zero-order chi connectivity index (χ0) is 23.7. The number of ether oxygens (including phenoxy) is 1. The number of methoxy groups -OCH3 is 1. The minimum Gasteiger partial charge on any atom is -0.496 e. The van der Waals surface area contributed by atoms with E-state index in [9.17, 15) is 9.90 Å². The van der Waals surface area contributed by atoms with Crippen molar-refractivity contribution in [3.63, 3.8) is 0 Å². The Morgan fingerprint density at radius 1 is 1.18 bits per heavy atom. The van der Waals surface area contributed by atoms with Crippen molar-refractivity contribution in [1.29, 1.82) is 0 Å². The van der Waals surface area contributed by atoms with Crippen LogP contribution < -0.4 is 9.64 Å². The number of hydrogen-bond donors (Lipinski definition) is 2. The summed E-state index contributed by atoms with van der Waals surface area (Å²) in [6.45, 7) is 5.06. The zero-order valence-corrected chi connectivity index (χ0v) is 19.2. The molecule has 0 radical (unpaired) electrons. The van der Waals surface area contributed by atoms with Gasteiger partial charge in [-0.05, 0) is 48.4 Å². The van der Waals surface area contributed by atoms with E-state index in [1.165, 1.54) is 0 Å². The summed E-state index contributed by atoms with van der Waals surface area (Å²) in [6.07, 6.45) is 5.48. The predicted octanol–water partition coefficient (Wildman–Crippen LogP) is 4.04. The van der Waals surface area contributed by atoms with E-state index in [0.717, 1.165) is 46.4 Å². The molecule has 2 aromatic heterocycles. The van der Waals surface area contributed by atoms with Crippen LogP contribution in [0.4, 0.5) is 5.95 Å². The molecule has 8 nitrogen and oxygen atoms in total. The molecule has 0 saturated carbocycles. The fourth-order valence-electron chi connectivity index (χ4n) is 4.79. The van der Waals surface area contributed by atoms with Crippen LogP contribution in [0.15, 0.2) is 61.1 Å². The Kier molecular flexibility index (Phi) is 5.90. The number of carbonyl (C=O) groups is 1. The number of carboxylic acids is 1. The Bertz CT molecular complexity index is 1300. The highest BCUT2D eigenvalue weighted by Gasteiger charge is 2.31. The number of nitrogens with one attached hydrogen (secondary N) is 1. The van der Waals surface area contributed by atoms with Crippen LogP contribution in [-0.4, -0.2) is 57.7 Å². The Labute approximate surface area is 197 Å². The highest BCUT2D eigenvalue weighted by molar-refractivity contribution is 5.88. The fraction of sp³-hybridized carbons (Fsp3) is 0.269. The SMILES string of the molecule is COc1cc(C)c2[nH]ccc2c1CN1CCN(c2ncccn2)CC1c1ccc(C(=O)O)cc1. The second-order valence-corrected chi connectivity index (χ2v) is 8.55. The maximum absolute atomic E-state index is 11.4. The van der Waals surface area contributed by atoms with Gasteiger partial charge in [0.1, 0.15) is 5.75 Å². The molecule has 1 unspecified atom stereocenters. The largest absolute Gasteiger partial charge is 0.496 e. The van der Waals surface area contributed by atoms with Crippen LogP contribution in [0, 0.1) is 6.92 Å². The average Bonchev–Trinajstić information content (AvgIpc) is 3.37. The molecule has 3 heterocycles. The van der Waals surface area contributed by atoms with Crippen molar-refractivity contribution in [3.05, 3.63) is 83.3 Å². The Hall–Kier alpha value is -3.91. The molecule has 1 aliphatic rings. The Morgan fingerprint density at radius 2 is 1.94 bits per heavy atom. The van der Waals surface area contributed by atoms with E-state index >= 15 is 0 Å². The Balaban J connectivity index is 1.51. The summed E-state index contributed by atoms with van der Waals surface area (Å²) >= 11 is 0. The molecule has 2 N–H and O–H groups in total. The van der Waals surface area contributed by atoms with Crippen LogP contribution in [0.2, 0.25) is 0 Å². The van der Waals surface area contributed by atoms with Crippen LogP contribution >= 0.6 is 0 Å². The highest BCUT2D eigenvalue weighted by Crippen LogP contribution is 2.35. The lowest BCUT2D eigenvalue weighted by molar-refractivity contribution is 0.0696. The van der Waals surface area contributed by atoms with Gasteiger partial charge in [0.25, 0.3) is 0 Å². The first-order chi connectivity index (χ1) is 16.5. The van der Waals surface area contributed by atoms with E-state index in [2.05, 4.69) is 43.8 Å². The number of anilines is 1. The molecule has 8 heteroatoms. The number of piperazine rings is 1. The number of H-pyrrole nitrogens is 1. The third-order valence-corrected chi connectivity index (χ3v) is 6.56. The smallest absolute Gasteiger partial charge is 0.335 e. The van der Waals surface area contributed by atoms with Gasteiger partial charge in [-0.15, -0.1) is 0 Å². The summed E-state index contributed by atoms with van der Waals surface area (Å²) in [5.74, 6) is 0.652. The molecule has 174 valence electrons. The maximum atomic E-state index is 11.4. The standard InChI is InChI=1S/C26H27N5O3/c1-17-14-23(34-2)21(20-8-11-27-24(17)20)15-30-12-13-31(26-28-9-3-10-29-26)16-22(30)18-4-6-19(7-5-18)25(32)33/h3-11,14,22,27H,12-13,15-16H2,1-2H3,(H,32,33). The van der Waals surface area contributed by atoms with Crippen molar-refractivity contribution in [2.45, 2.75) is 19.5 Å². The van der Waals surface area contributed by atoms with Crippen molar-refractivity contribution in [1.82, 2.24) is 19.9 Å². The molecule has 0 spiro atoms. The van der Waals surface area contributed by atoms with E-state index in [4.69, 9.17) is 4.74 Å². The molecule has 1 fully saturated rings. The number of hydrogen-bond acceptors (Lipinski definition) is 6. The van der Waals surface area contributed by atoms with E-state index in [1.807, 2.05) is 24.4 Å². The van der Waals surface area contributed by atoms with Gasteiger partial charge in [-0.2, -0.15) is 0 Å². The molecule has 0 amide bonds. The van der Waals surface area contributed by atoms with Gasteiger partial charge in [-0.25, -0.2) is 14.8 Å². The summed E-state index contributed by atoms with van der Waals surface area (Å²) in [4.78, 5) is 28.2. The molecule has 5 rings (SSSR count). The average molecular weight is 458 g/mol. The summed E-state index contributed by atoms with van der Waals surface area (Å²) in [7, 11) is 1.71. The number of aromatic carboxylic acids is 1. The topological polar surface area (TPSA) is 94.6 Å². The van der Waals surface area contributed by atoms with Crippen LogP contribution in [0.3, 0.4) is 0 Å². The lowest BCUT2D eigenvalue weighted by atomic mass is 9.98. The minimum atomic E-state index is -0.925. The number of nitrogens with zero attached hydrogens (tertiary/aromatic N) is 4. The van der Waals surface area contributed by atoms with Gasteiger partial charge in [-0.1, -0.05) is 12.1 Å². The van der Waals surface area contributed by atoms with Crippen molar-refractivity contribution in [2.24, 2.45) is 0 Å². The molecule has 0 bridgehead atoms. The van der Waals surface area contributed by atoms with E-state index < -0.39 is 5.97 Å². The lowest BCUT2D eigenvalue weighted by Gasteiger charge is -2.42. The van der Waals surface area contributed by atoms with Gasteiger partial charge in [0.2, 0.25) is 5.95 Å². The third-order valence-electron chi connectivity index (χ3n) is 6.56. The molecule has 34 heavy (non-hydrogen) atoms. The van der Waals surface area contributed by atoms with Gasteiger partial charge in [-0.3, -0.25) is 4.90 Å². The number of rotatable bonds is 6. The van der Waals surface area contributed by atoms with E-state index in [1.54, 1.807) is 31.6 Å². The van der Waals surface area contributed by atoms with Gasteiger partial charge in [0.05, 0.1) is 18.7 Å². The normalized spacial score (nSPS) is 16.6. The zero-order valence-electron chi connectivity index (χ0n) is 19.2. The minimum absolute atomic E-state index is 0.0282. The molecule has 4 aromatic rings. The maximum Gasteiger partial charge on any atom is 0.335 e. The fourth-order valence-corrected chi connectivity index (χ4v) is 4.79. The van der Waals surface area contributed by atoms with E-state index in [0.29, 0.717) is 19.0 Å².